The molecule has 0 aromatic heterocycles. The summed E-state index contributed by atoms with van der Waals surface area (Å²) in [6.07, 6.45) is 1.68. The Morgan fingerprint density at radius 2 is 1.53 bits per heavy atom. The van der Waals surface area contributed by atoms with Crippen LogP contribution in [0.2, 0.25) is 0 Å². The Bertz CT molecular complexity index is 1420. The summed E-state index contributed by atoms with van der Waals surface area (Å²) in [5.74, 6) is -0.361. The van der Waals surface area contributed by atoms with E-state index in [0.29, 0.717) is 16.2 Å². The van der Waals surface area contributed by atoms with Crippen LogP contribution in [-0.4, -0.2) is 22.0 Å². The number of hydrogen-bond donors (Lipinski definition) is 0. The van der Waals surface area contributed by atoms with Crippen LogP contribution in [0.1, 0.15) is 21.5 Å². The molecular formula is C28H19NO4S. The minimum absolute atomic E-state index is 0.220. The topological polar surface area (TPSA) is 63.7 Å². The Balaban J connectivity index is 1.30. The van der Waals surface area contributed by atoms with Crippen LogP contribution >= 0.6 is 11.8 Å². The van der Waals surface area contributed by atoms with Crippen LogP contribution in [0.25, 0.3) is 16.8 Å². The molecule has 1 aliphatic heterocycles. The standard InChI is InChI=1S/C28H19NO4S/c30-26-25(17-19-13-15-23(16-14-19)33-27(31)21-8-2-1-3-9-21)34-28(32)29(26)18-22-11-6-10-20-7-4-5-12-24(20)22/h1-17H,18H2/b25-17-. The number of esters is 1. The lowest BCUT2D eigenvalue weighted by Crippen LogP contribution is -2.27. The van der Waals surface area contributed by atoms with E-state index in [2.05, 4.69) is 0 Å². The quantitative estimate of drug-likeness (QED) is 0.197. The van der Waals surface area contributed by atoms with Gasteiger partial charge in [-0.05, 0) is 64.0 Å². The predicted octanol–water partition coefficient (Wildman–Crippen LogP) is 6.30. The Labute approximate surface area is 200 Å². The van der Waals surface area contributed by atoms with Crippen molar-refractivity contribution >= 4 is 45.7 Å². The Morgan fingerprint density at radius 1 is 0.824 bits per heavy atom. The number of thioether (sulfide) groups is 1. The van der Waals surface area contributed by atoms with E-state index in [4.69, 9.17) is 4.74 Å². The van der Waals surface area contributed by atoms with Crippen LogP contribution in [0.5, 0.6) is 5.75 Å². The summed E-state index contributed by atoms with van der Waals surface area (Å²) in [6, 6.07) is 29.3. The maximum Gasteiger partial charge on any atom is 0.343 e. The van der Waals surface area contributed by atoms with Crippen molar-refractivity contribution in [2.75, 3.05) is 0 Å². The van der Waals surface area contributed by atoms with Crippen LogP contribution in [0.15, 0.2) is 102 Å². The minimum atomic E-state index is -0.442. The van der Waals surface area contributed by atoms with Crippen molar-refractivity contribution in [3.8, 4) is 5.75 Å². The van der Waals surface area contributed by atoms with Crippen LogP contribution in [0, 0.1) is 0 Å². The monoisotopic (exact) mass is 465 g/mol. The van der Waals surface area contributed by atoms with Gasteiger partial charge in [-0.3, -0.25) is 14.5 Å². The van der Waals surface area contributed by atoms with Crippen molar-refractivity contribution in [1.82, 2.24) is 4.90 Å². The molecule has 5 rings (SSSR count). The molecule has 0 unspecified atom stereocenters. The Morgan fingerprint density at radius 3 is 2.32 bits per heavy atom. The van der Waals surface area contributed by atoms with Gasteiger partial charge in [0.1, 0.15) is 5.75 Å². The van der Waals surface area contributed by atoms with Crippen molar-refractivity contribution in [2.45, 2.75) is 6.54 Å². The normalized spacial score (nSPS) is 14.7. The largest absolute Gasteiger partial charge is 0.423 e. The number of amides is 2. The molecule has 0 N–H and O–H groups in total. The van der Waals surface area contributed by atoms with Gasteiger partial charge in [0.15, 0.2) is 0 Å². The summed E-state index contributed by atoms with van der Waals surface area (Å²) in [5.41, 5.74) is 2.12. The molecule has 1 aliphatic rings. The van der Waals surface area contributed by atoms with Gasteiger partial charge in [0.25, 0.3) is 11.1 Å². The van der Waals surface area contributed by atoms with Gasteiger partial charge >= 0.3 is 5.97 Å². The number of benzene rings is 4. The van der Waals surface area contributed by atoms with Crippen LogP contribution in [0.4, 0.5) is 4.79 Å². The van der Waals surface area contributed by atoms with Crippen molar-refractivity contribution in [3.63, 3.8) is 0 Å². The SMILES string of the molecule is O=C(Oc1ccc(/C=C2\SC(=O)N(Cc3cccc4ccccc34)C2=O)cc1)c1ccccc1. The lowest BCUT2D eigenvalue weighted by molar-refractivity contribution is -0.123. The molecule has 0 spiro atoms. The van der Waals surface area contributed by atoms with Gasteiger partial charge in [-0.25, -0.2) is 4.79 Å². The summed E-state index contributed by atoms with van der Waals surface area (Å²) in [7, 11) is 0. The second-order valence-corrected chi connectivity index (χ2v) is 8.72. The first-order valence-electron chi connectivity index (χ1n) is 10.7. The molecule has 4 aromatic rings. The average Bonchev–Trinajstić information content (AvgIpc) is 3.13. The lowest BCUT2D eigenvalue weighted by atomic mass is 10.0. The van der Waals surface area contributed by atoms with E-state index in [0.717, 1.165) is 33.7 Å². The molecule has 0 bridgehead atoms. The fourth-order valence-electron chi connectivity index (χ4n) is 3.76. The first kappa shape index (κ1) is 21.7. The molecule has 1 fully saturated rings. The average molecular weight is 466 g/mol. The zero-order valence-electron chi connectivity index (χ0n) is 18.0. The van der Waals surface area contributed by atoms with Gasteiger partial charge in [0.2, 0.25) is 0 Å². The van der Waals surface area contributed by atoms with E-state index < -0.39 is 5.97 Å². The summed E-state index contributed by atoms with van der Waals surface area (Å²) in [6.45, 7) is 0.220. The van der Waals surface area contributed by atoms with Crippen LogP contribution in [-0.2, 0) is 11.3 Å². The number of imide groups is 1. The number of ether oxygens (including phenoxy) is 1. The molecule has 0 radical (unpaired) electrons. The zero-order valence-corrected chi connectivity index (χ0v) is 18.8. The molecule has 4 aromatic carbocycles. The Kier molecular flexibility index (Phi) is 5.97. The number of hydrogen-bond acceptors (Lipinski definition) is 5. The van der Waals surface area contributed by atoms with E-state index in [1.807, 2.05) is 48.5 Å². The predicted molar refractivity (Wildman–Crippen MR) is 133 cm³/mol. The fourth-order valence-corrected chi connectivity index (χ4v) is 4.60. The van der Waals surface area contributed by atoms with Crippen molar-refractivity contribution in [2.24, 2.45) is 0 Å². The van der Waals surface area contributed by atoms with Crippen LogP contribution < -0.4 is 4.74 Å². The van der Waals surface area contributed by atoms with Crippen LogP contribution in [0.3, 0.4) is 0 Å². The summed E-state index contributed by atoms with van der Waals surface area (Å²) in [5, 5.41) is 1.79. The minimum Gasteiger partial charge on any atom is -0.423 e. The fraction of sp³-hybridized carbons (Fsp3) is 0.0357. The van der Waals surface area contributed by atoms with Crippen molar-refractivity contribution < 1.29 is 19.1 Å². The number of carbonyl (C=O) groups is 3. The summed E-state index contributed by atoms with van der Waals surface area (Å²) in [4.78, 5) is 39.4. The van der Waals surface area contributed by atoms with Gasteiger partial charge in [-0.1, -0.05) is 72.8 Å². The molecule has 0 atom stereocenters. The van der Waals surface area contributed by atoms with E-state index in [1.165, 1.54) is 4.90 Å². The Hall–Kier alpha value is -4.16. The molecule has 2 amide bonds. The number of nitrogens with zero attached hydrogens (tertiary/aromatic N) is 1. The summed E-state index contributed by atoms with van der Waals surface area (Å²) >= 11 is 0.927. The number of rotatable bonds is 5. The highest BCUT2D eigenvalue weighted by molar-refractivity contribution is 8.18. The second-order valence-electron chi connectivity index (χ2n) is 7.73. The van der Waals surface area contributed by atoms with E-state index in [1.54, 1.807) is 54.6 Å². The molecule has 1 saturated heterocycles. The molecule has 1 heterocycles. The number of carbonyl (C=O) groups excluding carboxylic acids is 3. The highest BCUT2D eigenvalue weighted by Crippen LogP contribution is 2.34. The third kappa shape index (κ3) is 4.49. The highest BCUT2D eigenvalue weighted by atomic mass is 32.2. The summed E-state index contributed by atoms with van der Waals surface area (Å²) < 4.78 is 5.39. The number of fused-ring (bicyclic) bond motifs is 1. The molecule has 34 heavy (non-hydrogen) atoms. The van der Waals surface area contributed by atoms with E-state index >= 15 is 0 Å². The van der Waals surface area contributed by atoms with Gasteiger partial charge in [-0.2, -0.15) is 0 Å². The van der Waals surface area contributed by atoms with Gasteiger partial charge in [-0.15, -0.1) is 0 Å². The zero-order chi connectivity index (χ0) is 23.5. The second kappa shape index (κ2) is 9.37. The molecule has 0 aliphatic carbocycles. The first-order chi connectivity index (χ1) is 16.6. The first-order valence-corrected chi connectivity index (χ1v) is 11.5. The lowest BCUT2D eigenvalue weighted by Gasteiger charge is -2.14. The smallest absolute Gasteiger partial charge is 0.343 e. The maximum atomic E-state index is 13.0. The van der Waals surface area contributed by atoms with Crippen molar-refractivity contribution in [1.29, 1.82) is 0 Å². The maximum absolute atomic E-state index is 13.0. The van der Waals surface area contributed by atoms with E-state index in [9.17, 15) is 14.4 Å². The molecule has 0 saturated carbocycles. The molecule has 166 valence electrons. The van der Waals surface area contributed by atoms with Crippen molar-refractivity contribution in [3.05, 3.63) is 119 Å². The van der Waals surface area contributed by atoms with Gasteiger partial charge in [0, 0.05) is 0 Å². The molecular weight excluding hydrogens is 446 g/mol. The molecule has 6 heteroatoms. The third-order valence-corrected chi connectivity index (χ3v) is 6.39. The molecule has 5 nitrogen and oxygen atoms in total. The third-order valence-electron chi connectivity index (χ3n) is 5.48. The van der Waals surface area contributed by atoms with Gasteiger partial charge in [0.05, 0.1) is 17.0 Å². The van der Waals surface area contributed by atoms with E-state index in [-0.39, 0.29) is 17.7 Å². The van der Waals surface area contributed by atoms with Gasteiger partial charge < -0.3 is 4.74 Å². The highest BCUT2D eigenvalue weighted by Gasteiger charge is 2.35.